The summed E-state index contributed by atoms with van der Waals surface area (Å²) in [7, 11) is 0. The van der Waals surface area contributed by atoms with Crippen molar-refractivity contribution in [3.05, 3.63) is 0 Å². The van der Waals surface area contributed by atoms with Crippen molar-refractivity contribution in [1.82, 2.24) is 0 Å². The van der Waals surface area contributed by atoms with Gasteiger partial charge in [0.1, 0.15) is 12.2 Å². The van der Waals surface area contributed by atoms with E-state index >= 15 is 0 Å². The van der Waals surface area contributed by atoms with E-state index in [0.29, 0.717) is 0 Å². The Kier molecular flexibility index (Phi) is 2.94. The van der Waals surface area contributed by atoms with Crippen molar-refractivity contribution in [2.24, 2.45) is 0 Å². The number of cyclic esters (lactones) is 1. The van der Waals surface area contributed by atoms with Gasteiger partial charge in [-0.3, -0.25) is 0 Å². The summed E-state index contributed by atoms with van der Waals surface area (Å²) < 4.78 is 27.4. The lowest BCUT2D eigenvalue weighted by molar-refractivity contribution is -0.187. The molecule has 3 heterocycles. The first-order valence-electron chi connectivity index (χ1n) is 6.70. The Bertz CT molecular complexity index is 432. The summed E-state index contributed by atoms with van der Waals surface area (Å²) in [6.07, 6.45) is -2.49. The minimum Gasteiger partial charge on any atom is -0.454 e. The highest BCUT2D eigenvalue weighted by Crippen LogP contribution is 2.42. The molecule has 0 aromatic carbocycles. The largest absolute Gasteiger partial charge is 0.454 e. The maximum absolute atomic E-state index is 12.1. The molecule has 3 rings (SSSR count). The van der Waals surface area contributed by atoms with Crippen molar-refractivity contribution in [3.63, 3.8) is 0 Å². The van der Waals surface area contributed by atoms with Gasteiger partial charge in [-0.15, -0.1) is 0 Å². The lowest BCUT2D eigenvalue weighted by atomic mass is 9.94. The third-order valence-corrected chi connectivity index (χ3v) is 3.84. The summed E-state index contributed by atoms with van der Waals surface area (Å²) in [5, 5.41) is 10.5. The SMILES string of the molecule is CC1(C)OC[C@H]([C@@H]2OC(=O)[C@@]3(COC(C)(C)O3)[C@H]2O)O1. The van der Waals surface area contributed by atoms with Gasteiger partial charge in [-0.25, -0.2) is 4.79 Å². The zero-order valence-electron chi connectivity index (χ0n) is 12.0. The number of hydrogen-bond acceptors (Lipinski definition) is 7. The minimum atomic E-state index is -1.47. The summed E-state index contributed by atoms with van der Waals surface area (Å²) in [5.74, 6) is -2.30. The molecule has 0 amide bonds. The van der Waals surface area contributed by atoms with E-state index in [4.69, 9.17) is 23.7 Å². The number of aliphatic hydroxyl groups is 1. The molecule has 0 aromatic heterocycles. The summed E-state index contributed by atoms with van der Waals surface area (Å²) in [4.78, 5) is 12.1. The average molecular weight is 288 g/mol. The second-order valence-corrected chi connectivity index (χ2v) is 6.36. The maximum atomic E-state index is 12.1. The molecule has 3 fully saturated rings. The molecule has 0 radical (unpaired) electrons. The van der Waals surface area contributed by atoms with Crippen molar-refractivity contribution >= 4 is 5.97 Å². The highest BCUT2D eigenvalue weighted by Gasteiger charge is 2.66. The molecule has 1 spiro atoms. The van der Waals surface area contributed by atoms with Crippen LogP contribution in [0.25, 0.3) is 0 Å². The topological polar surface area (TPSA) is 83.5 Å². The number of carbonyl (C=O) groups is 1. The molecule has 4 atom stereocenters. The van der Waals surface area contributed by atoms with Crippen LogP contribution >= 0.6 is 0 Å². The Labute approximate surface area is 117 Å². The van der Waals surface area contributed by atoms with Crippen molar-refractivity contribution in [3.8, 4) is 0 Å². The molecular weight excluding hydrogens is 268 g/mol. The lowest BCUT2D eigenvalue weighted by Crippen LogP contribution is -2.51. The third kappa shape index (κ3) is 2.05. The highest BCUT2D eigenvalue weighted by atomic mass is 16.8. The van der Waals surface area contributed by atoms with Crippen molar-refractivity contribution in [2.75, 3.05) is 13.2 Å². The van der Waals surface area contributed by atoms with E-state index in [1.165, 1.54) is 0 Å². The molecule has 3 aliphatic rings. The first-order chi connectivity index (χ1) is 9.15. The van der Waals surface area contributed by atoms with Crippen LogP contribution in [0, 0.1) is 0 Å². The van der Waals surface area contributed by atoms with Crippen LogP contribution in [0.1, 0.15) is 27.7 Å². The monoisotopic (exact) mass is 288 g/mol. The van der Waals surface area contributed by atoms with Crippen LogP contribution in [0.2, 0.25) is 0 Å². The van der Waals surface area contributed by atoms with Gasteiger partial charge in [-0.2, -0.15) is 0 Å². The van der Waals surface area contributed by atoms with E-state index in [0.717, 1.165) is 0 Å². The predicted octanol–water partition coefficient (Wildman–Crippen LogP) is -0.0541. The fraction of sp³-hybridized carbons (Fsp3) is 0.923. The van der Waals surface area contributed by atoms with Gasteiger partial charge < -0.3 is 28.8 Å². The molecule has 0 unspecified atom stereocenters. The molecule has 0 saturated carbocycles. The quantitative estimate of drug-likeness (QED) is 0.677. The number of ether oxygens (including phenoxy) is 5. The smallest absolute Gasteiger partial charge is 0.344 e. The number of carbonyl (C=O) groups excluding carboxylic acids is 1. The van der Waals surface area contributed by atoms with Gasteiger partial charge in [-0.05, 0) is 27.7 Å². The third-order valence-electron chi connectivity index (χ3n) is 3.84. The van der Waals surface area contributed by atoms with E-state index in [1.807, 2.05) is 0 Å². The second kappa shape index (κ2) is 4.14. The van der Waals surface area contributed by atoms with Gasteiger partial charge in [0.15, 0.2) is 17.7 Å². The summed E-state index contributed by atoms with van der Waals surface area (Å²) >= 11 is 0. The van der Waals surface area contributed by atoms with Crippen LogP contribution in [-0.4, -0.2) is 59.8 Å². The first kappa shape index (κ1) is 14.2. The van der Waals surface area contributed by atoms with Gasteiger partial charge in [0.2, 0.25) is 5.60 Å². The number of aliphatic hydroxyl groups excluding tert-OH is 1. The van der Waals surface area contributed by atoms with Crippen LogP contribution in [0.4, 0.5) is 0 Å². The Balaban J connectivity index is 1.80. The predicted molar refractivity (Wildman–Crippen MR) is 64.6 cm³/mol. The molecule has 3 aliphatic heterocycles. The van der Waals surface area contributed by atoms with E-state index in [-0.39, 0.29) is 13.2 Å². The Morgan fingerprint density at radius 3 is 2.35 bits per heavy atom. The van der Waals surface area contributed by atoms with E-state index in [1.54, 1.807) is 27.7 Å². The van der Waals surface area contributed by atoms with Gasteiger partial charge in [0.25, 0.3) is 0 Å². The zero-order chi connectivity index (χ0) is 14.8. The fourth-order valence-electron chi connectivity index (χ4n) is 2.86. The van der Waals surface area contributed by atoms with Gasteiger partial charge in [0, 0.05) is 0 Å². The normalized spacial score (nSPS) is 46.0. The van der Waals surface area contributed by atoms with Crippen molar-refractivity contribution < 1.29 is 33.6 Å². The average Bonchev–Trinajstić information content (AvgIpc) is 2.91. The van der Waals surface area contributed by atoms with Gasteiger partial charge >= 0.3 is 5.97 Å². The van der Waals surface area contributed by atoms with Crippen LogP contribution in [-0.2, 0) is 28.5 Å². The minimum absolute atomic E-state index is 0.0343. The molecule has 7 heteroatoms. The van der Waals surface area contributed by atoms with Crippen molar-refractivity contribution in [2.45, 2.75) is 63.2 Å². The summed E-state index contributed by atoms with van der Waals surface area (Å²) in [6, 6.07) is 0. The molecule has 0 aromatic rings. The number of hydrogen-bond donors (Lipinski definition) is 1. The molecule has 1 N–H and O–H groups in total. The van der Waals surface area contributed by atoms with Gasteiger partial charge in [0.05, 0.1) is 13.2 Å². The Morgan fingerprint density at radius 1 is 1.15 bits per heavy atom. The van der Waals surface area contributed by atoms with Gasteiger partial charge in [-0.1, -0.05) is 0 Å². The zero-order valence-corrected chi connectivity index (χ0v) is 12.0. The number of esters is 1. The van der Waals surface area contributed by atoms with E-state index in [2.05, 4.69) is 0 Å². The van der Waals surface area contributed by atoms with E-state index in [9.17, 15) is 9.90 Å². The molecular formula is C13H20O7. The summed E-state index contributed by atoms with van der Waals surface area (Å²) in [5.41, 5.74) is -1.47. The van der Waals surface area contributed by atoms with Crippen LogP contribution in [0.15, 0.2) is 0 Å². The van der Waals surface area contributed by atoms with E-state index < -0.39 is 41.5 Å². The highest BCUT2D eigenvalue weighted by molar-refractivity contribution is 5.84. The molecule has 0 bridgehead atoms. The molecule has 114 valence electrons. The molecule has 0 aliphatic carbocycles. The van der Waals surface area contributed by atoms with Crippen LogP contribution in [0.5, 0.6) is 0 Å². The second-order valence-electron chi connectivity index (χ2n) is 6.36. The fourth-order valence-corrected chi connectivity index (χ4v) is 2.86. The molecule has 20 heavy (non-hydrogen) atoms. The standard InChI is InChI=1S/C13H20O7/c1-11(2)16-5-7(19-11)8-9(14)13(10(15)18-8)6-17-12(3,4)20-13/h7-9,14H,5-6H2,1-4H3/t7-,8+,9+,13-/m1/s1. The molecule has 3 saturated heterocycles. The summed E-state index contributed by atoms with van der Waals surface area (Å²) in [6.45, 7) is 7.13. The lowest BCUT2D eigenvalue weighted by Gasteiger charge is -2.26. The van der Waals surface area contributed by atoms with Crippen molar-refractivity contribution in [1.29, 1.82) is 0 Å². The number of rotatable bonds is 1. The first-order valence-corrected chi connectivity index (χ1v) is 6.70. The maximum Gasteiger partial charge on any atom is 0.344 e. The molecule has 7 nitrogen and oxygen atoms in total. The Hall–Kier alpha value is -0.730. The Morgan fingerprint density at radius 2 is 1.85 bits per heavy atom. The van der Waals surface area contributed by atoms with Crippen LogP contribution < -0.4 is 0 Å². The van der Waals surface area contributed by atoms with Crippen LogP contribution in [0.3, 0.4) is 0 Å².